The van der Waals surface area contributed by atoms with Gasteiger partial charge in [-0.1, -0.05) is 51.1 Å². The molecule has 0 spiro atoms. The summed E-state index contributed by atoms with van der Waals surface area (Å²) in [6.07, 6.45) is 0.532. The van der Waals surface area contributed by atoms with Crippen LogP contribution >= 0.6 is 0 Å². The van der Waals surface area contributed by atoms with E-state index in [0.717, 1.165) is 18.5 Å². The first-order chi connectivity index (χ1) is 11.2. The van der Waals surface area contributed by atoms with E-state index in [-0.39, 0.29) is 17.0 Å². The molecule has 1 aliphatic heterocycles. The van der Waals surface area contributed by atoms with Crippen LogP contribution in [-0.2, 0) is 20.6 Å². The van der Waals surface area contributed by atoms with Gasteiger partial charge in [-0.2, -0.15) is 0 Å². The molecular weight excluding hydrogens is 318 g/mol. The zero-order chi connectivity index (χ0) is 17.8. The summed E-state index contributed by atoms with van der Waals surface area (Å²) in [6, 6.07) is 10.1. The third kappa shape index (κ3) is 4.91. The molecule has 0 N–H and O–H groups in total. The van der Waals surface area contributed by atoms with E-state index in [1.165, 1.54) is 0 Å². The minimum atomic E-state index is -1.90. The van der Waals surface area contributed by atoms with E-state index in [4.69, 9.17) is 9.16 Å². The van der Waals surface area contributed by atoms with Crippen molar-refractivity contribution >= 4 is 14.2 Å². The second-order valence-electron chi connectivity index (χ2n) is 8.02. The van der Waals surface area contributed by atoms with Gasteiger partial charge in [0.2, 0.25) is 0 Å². The van der Waals surface area contributed by atoms with E-state index in [1.54, 1.807) is 0 Å². The maximum absolute atomic E-state index is 12.5. The molecule has 0 unspecified atom stereocenters. The molecule has 0 saturated carbocycles. The van der Waals surface area contributed by atoms with E-state index in [0.29, 0.717) is 19.8 Å². The number of likely N-dealkylation sites (tertiary alicyclic amines) is 1. The van der Waals surface area contributed by atoms with E-state index in [1.807, 2.05) is 35.2 Å². The molecule has 1 fully saturated rings. The predicted octanol–water partition coefficient (Wildman–Crippen LogP) is 3.83. The Hall–Kier alpha value is -1.17. The number of hydrogen-bond donors (Lipinski definition) is 0. The Bertz CT molecular complexity index is 539. The van der Waals surface area contributed by atoms with Gasteiger partial charge in [0, 0.05) is 13.1 Å². The number of rotatable bonds is 7. The second-order valence-corrected chi connectivity index (χ2v) is 12.8. The highest BCUT2D eigenvalue weighted by Crippen LogP contribution is 2.38. The van der Waals surface area contributed by atoms with Gasteiger partial charge in [-0.3, -0.25) is 4.79 Å². The third-order valence-corrected chi connectivity index (χ3v) is 9.59. The van der Waals surface area contributed by atoms with Crippen molar-refractivity contribution in [2.24, 2.45) is 0 Å². The summed E-state index contributed by atoms with van der Waals surface area (Å²) < 4.78 is 12.0. The van der Waals surface area contributed by atoms with Crippen LogP contribution < -0.4 is 0 Å². The molecule has 4 nitrogen and oxygen atoms in total. The van der Waals surface area contributed by atoms with Gasteiger partial charge in [0.1, 0.15) is 6.10 Å². The van der Waals surface area contributed by atoms with Crippen LogP contribution in [-0.4, -0.2) is 44.9 Å². The van der Waals surface area contributed by atoms with Crippen LogP contribution in [0.25, 0.3) is 0 Å². The molecule has 2 rings (SSSR count). The summed E-state index contributed by atoms with van der Waals surface area (Å²) in [5, 5.41) is 0.124. The zero-order valence-corrected chi connectivity index (χ0v) is 16.7. The highest BCUT2D eigenvalue weighted by molar-refractivity contribution is 6.74. The smallest absolute Gasteiger partial charge is 0.250 e. The molecule has 1 heterocycles. The van der Waals surface area contributed by atoms with Crippen LogP contribution in [0.1, 0.15) is 32.8 Å². The van der Waals surface area contributed by atoms with Crippen molar-refractivity contribution in [2.75, 3.05) is 19.7 Å². The van der Waals surface area contributed by atoms with Crippen LogP contribution in [0.4, 0.5) is 0 Å². The molecule has 1 atom stereocenters. The van der Waals surface area contributed by atoms with Gasteiger partial charge >= 0.3 is 0 Å². The van der Waals surface area contributed by atoms with Crippen molar-refractivity contribution < 1.29 is 14.0 Å². The Morgan fingerprint density at radius 2 is 1.88 bits per heavy atom. The molecule has 5 heteroatoms. The lowest BCUT2D eigenvalue weighted by atomic mass is 10.2. The summed E-state index contributed by atoms with van der Waals surface area (Å²) >= 11 is 0. The van der Waals surface area contributed by atoms with Crippen LogP contribution in [0.2, 0.25) is 18.1 Å². The molecule has 0 aliphatic carbocycles. The van der Waals surface area contributed by atoms with Crippen molar-refractivity contribution in [1.82, 2.24) is 4.90 Å². The Labute approximate surface area is 147 Å². The SMILES string of the molecule is CC(C)(C)[Si](C)(C)O[C@@H]1CCN(CCOCc2ccccc2)C1=O. The second kappa shape index (κ2) is 7.81. The van der Waals surface area contributed by atoms with E-state index >= 15 is 0 Å². The van der Waals surface area contributed by atoms with Gasteiger partial charge < -0.3 is 14.1 Å². The van der Waals surface area contributed by atoms with E-state index in [9.17, 15) is 4.79 Å². The monoisotopic (exact) mass is 349 g/mol. The van der Waals surface area contributed by atoms with Gasteiger partial charge in [-0.05, 0) is 30.1 Å². The topological polar surface area (TPSA) is 38.8 Å². The van der Waals surface area contributed by atoms with Gasteiger partial charge in [0.05, 0.1) is 13.2 Å². The fourth-order valence-electron chi connectivity index (χ4n) is 2.51. The fourth-order valence-corrected chi connectivity index (χ4v) is 3.80. The Kier molecular flexibility index (Phi) is 6.23. The lowest BCUT2D eigenvalue weighted by Gasteiger charge is -2.37. The predicted molar refractivity (Wildman–Crippen MR) is 99.4 cm³/mol. The first-order valence-corrected chi connectivity index (χ1v) is 11.7. The zero-order valence-electron chi connectivity index (χ0n) is 15.7. The maximum atomic E-state index is 12.5. The normalized spacial score (nSPS) is 19.1. The summed E-state index contributed by atoms with van der Waals surface area (Å²) in [4.78, 5) is 14.4. The molecule has 1 aliphatic rings. The molecule has 0 aromatic heterocycles. The molecule has 134 valence electrons. The van der Waals surface area contributed by atoms with Crippen LogP contribution in [0.3, 0.4) is 0 Å². The van der Waals surface area contributed by atoms with Gasteiger partial charge in [0.15, 0.2) is 8.32 Å². The highest BCUT2D eigenvalue weighted by atomic mass is 28.4. The van der Waals surface area contributed by atoms with Crippen molar-refractivity contribution in [3.8, 4) is 0 Å². The Morgan fingerprint density at radius 3 is 2.50 bits per heavy atom. The molecular formula is C19H31NO3Si. The highest BCUT2D eigenvalue weighted by Gasteiger charge is 2.43. The average molecular weight is 350 g/mol. The number of ether oxygens (including phenoxy) is 1. The summed E-state index contributed by atoms with van der Waals surface area (Å²) in [5.74, 6) is 0.128. The average Bonchev–Trinajstić information content (AvgIpc) is 2.84. The summed E-state index contributed by atoms with van der Waals surface area (Å²) in [5.41, 5.74) is 1.16. The molecule has 1 saturated heterocycles. The number of hydrogen-bond acceptors (Lipinski definition) is 3. The fraction of sp³-hybridized carbons (Fsp3) is 0.632. The molecule has 0 bridgehead atoms. The molecule has 1 aromatic rings. The number of nitrogens with zero attached hydrogens (tertiary/aromatic N) is 1. The number of amides is 1. The third-order valence-electron chi connectivity index (χ3n) is 5.11. The Balaban J connectivity index is 1.75. The van der Waals surface area contributed by atoms with Gasteiger partial charge in [-0.25, -0.2) is 0 Å². The lowest BCUT2D eigenvalue weighted by Crippen LogP contribution is -2.46. The van der Waals surface area contributed by atoms with Crippen molar-refractivity contribution in [2.45, 2.75) is 58.0 Å². The minimum Gasteiger partial charge on any atom is -0.405 e. The van der Waals surface area contributed by atoms with Crippen LogP contribution in [0.5, 0.6) is 0 Å². The molecule has 24 heavy (non-hydrogen) atoms. The molecule has 0 radical (unpaired) electrons. The molecule has 1 amide bonds. The largest absolute Gasteiger partial charge is 0.405 e. The van der Waals surface area contributed by atoms with Gasteiger partial charge in [-0.15, -0.1) is 0 Å². The van der Waals surface area contributed by atoms with Gasteiger partial charge in [0.25, 0.3) is 5.91 Å². The first-order valence-electron chi connectivity index (χ1n) is 8.79. The van der Waals surface area contributed by atoms with Crippen LogP contribution in [0.15, 0.2) is 30.3 Å². The lowest BCUT2D eigenvalue weighted by molar-refractivity contribution is -0.134. The maximum Gasteiger partial charge on any atom is 0.250 e. The van der Waals surface area contributed by atoms with Crippen LogP contribution in [0, 0.1) is 0 Å². The first kappa shape index (κ1) is 19.2. The number of carbonyl (C=O) groups is 1. The number of carbonyl (C=O) groups excluding carboxylic acids is 1. The summed E-state index contributed by atoms with van der Waals surface area (Å²) in [7, 11) is -1.90. The van der Waals surface area contributed by atoms with E-state index in [2.05, 4.69) is 33.9 Å². The number of benzene rings is 1. The van der Waals surface area contributed by atoms with Crippen molar-refractivity contribution in [1.29, 1.82) is 0 Å². The van der Waals surface area contributed by atoms with E-state index < -0.39 is 8.32 Å². The summed E-state index contributed by atoms with van der Waals surface area (Å²) in [6.45, 7) is 13.6. The Morgan fingerprint density at radius 1 is 1.21 bits per heavy atom. The van der Waals surface area contributed by atoms with Crippen molar-refractivity contribution in [3.05, 3.63) is 35.9 Å². The molecule has 1 aromatic carbocycles. The standard InChI is InChI=1S/C19H31NO3Si/c1-19(2,3)24(4,5)23-17-11-12-20(18(17)21)13-14-22-15-16-9-7-6-8-10-16/h6-10,17H,11-15H2,1-5H3/t17-/m1/s1. The quantitative estimate of drug-likeness (QED) is 0.555. The van der Waals surface area contributed by atoms with Crippen molar-refractivity contribution in [3.63, 3.8) is 0 Å². The minimum absolute atomic E-state index is 0.124.